The van der Waals surface area contributed by atoms with Crippen LogP contribution < -0.4 is 39.6 Å². The molecule has 3 amide bonds. The minimum absolute atomic E-state index is 0.0521. The Morgan fingerprint density at radius 1 is 0.796 bits per heavy atom. The zero-order valence-electron chi connectivity index (χ0n) is 26.7. The molecule has 7 rings (SSSR count). The number of ether oxygens (including phenoxy) is 6. The molecular formula is C36H32ClN3O9. The van der Waals surface area contributed by atoms with Gasteiger partial charge in [-0.3, -0.25) is 9.59 Å². The van der Waals surface area contributed by atoms with E-state index in [1.807, 2.05) is 24.3 Å². The number of anilines is 2. The number of cyclic esters (lactones) is 1. The molecule has 3 N–H and O–H groups in total. The molecule has 0 saturated carbocycles. The standard InChI is InChI=1S/C36H32ClN3O9/c1-44-28-11-19(12-29(45-2)33(28)46-3)30-23-14-26-27(49-17-48-26)15-24(23)32(25-16-47-35(42)31(25)30)40-34(41)18-7-9-21(10-8-18)38-36(43)39-22-6-4-5-20(37)13-22/h4-15,25,30-32H,16-17H2,1-3H3,(H,40,41)(H2,38,39,43)/t25-,30+,31-,32+/m0/s1. The number of rotatable bonds is 8. The first-order chi connectivity index (χ1) is 23.8. The van der Waals surface area contributed by atoms with Crippen molar-refractivity contribution in [3.05, 3.63) is 100 Å². The average molecular weight is 686 g/mol. The second kappa shape index (κ2) is 13.1. The Hall–Kier alpha value is -5.62. The van der Waals surface area contributed by atoms with Crippen LogP contribution in [0.1, 0.15) is 39.0 Å². The highest BCUT2D eigenvalue weighted by molar-refractivity contribution is 6.30. The van der Waals surface area contributed by atoms with Crippen LogP contribution in [0.25, 0.3) is 0 Å². The number of carbonyl (C=O) groups excluding carboxylic acids is 3. The number of urea groups is 1. The van der Waals surface area contributed by atoms with Gasteiger partial charge in [-0.05, 0) is 83.4 Å². The van der Waals surface area contributed by atoms with Gasteiger partial charge >= 0.3 is 12.0 Å². The maximum atomic E-state index is 13.8. The lowest BCUT2D eigenvalue weighted by Gasteiger charge is -2.39. The number of methoxy groups -OCH3 is 3. The van der Waals surface area contributed by atoms with Gasteiger partial charge in [0, 0.05) is 33.8 Å². The molecule has 1 saturated heterocycles. The molecular weight excluding hydrogens is 654 g/mol. The van der Waals surface area contributed by atoms with Crippen molar-refractivity contribution < 1.29 is 42.8 Å². The van der Waals surface area contributed by atoms with E-state index in [1.54, 1.807) is 48.5 Å². The summed E-state index contributed by atoms with van der Waals surface area (Å²) < 4.78 is 34.0. The lowest BCUT2D eigenvalue weighted by molar-refractivity contribution is -0.141. The quantitative estimate of drug-likeness (QED) is 0.186. The number of esters is 1. The van der Waals surface area contributed by atoms with Crippen LogP contribution in [0.5, 0.6) is 28.7 Å². The fourth-order valence-corrected chi connectivity index (χ4v) is 7.01. The summed E-state index contributed by atoms with van der Waals surface area (Å²) in [5.41, 5.74) is 3.67. The van der Waals surface area contributed by atoms with E-state index in [9.17, 15) is 14.4 Å². The van der Waals surface area contributed by atoms with Gasteiger partial charge in [-0.25, -0.2) is 4.79 Å². The van der Waals surface area contributed by atoms with Gasteiger partial charge in [-0.15, -0.1) is 0 Å². The summed E-state index contributed by atoms with van der Waals surface area (Å²) in [4.78, 5) is 39.8. The molecule has 0 radical (unpaired) electrons. The molecule has 49 heavy (non-hydrogen) atoms. The third-order valence-corrected chi connectivity index (χ3v) is 9.24. The molecule has 13 heteroatoms. The van der Waals surface area contributed by atoms with Crippen molar-refractivity contribution in [3.63, 3.8) is 0 Å². The highest BCUT2D eigenvalue weighted by Crippen LogP contribution is 2.55. The molecule has 4 aromatic carbocycles. The molecule has 4 atom stereocenters. The smallest absolute Gasteiger partial charge is 0.323 e. The third kappa shape index (κ3) is 5.99. The molecule has 3 aliphatic rings. The number of nitrogens with one attached hydrogen (secondary N) is 3. The van der Waals surface area contributed by atoms with Crippen molar-refractivity contribution in [2.45, 2.75) is 12.0 Å². The summed E-state index contributed by atoms with van der Waals surface area (Å²) in [6.07, 6.45) is 0. The monoisotopic (exact) mass is 685 g/mol. The van der Waals surface area contributed by atoms with Crippen molar-refractivity contribution in [1.29, 1.82) is 0 Å². The predicted octanol–water partition coefficient (Wildman–Crippen LogP) is 6.14. The first kappa shape index (κ1) is 32.0. The molecule has 2 heterocycles. The lowest BCUT2D eigenvalue weighted by Crippen LogP contribution is -2.42. The predicted molar refractivity (Wildman–Crippen MR) is 179 cm³/mol. The Bertz CT molecular complexity index is 1930. The number of fused-ring (bicyclic) bond motifs is 3. The highest BCUT2D eigenvalue weighted by atomic mass is 35.5. The minimum atomic E-state index is -0.648. The van der Waals surface area contributed by atoms with E-state index in [1.165, 1.54) is 21.3 Å². The van der Waals surface area contributed by atoms with Crippen LogP contribution in [0, 0.1) is 11.8 Å². The normalized spacial score (nSPS) is 20.0. The van der Waals surface area contributed by atoms with Gasteiger partial charge in [-0.2, -0.15) is 0 Å². The SMILES string of the molecule is COc1cc([C@@H]2c3cc4c(cc3[C@@H](NC(=O)c3ccc(NC(=O)Nc5cccc(Cl)c5)cc3)[C@H]3COC(=O)[C@H]23)OCO4)cc(OC)c1OC. The summed E-state index contributed by atoms with van der Waals surface area (Å²) in [5.74, 6) is 0.0878. The van der Waals surface area contributed by atoms with Crippen LogP contribution >= 0.6 is 11.6 Å². The highest BCUT2D eigenvalue weighted by Gasteiger charge is 2.53. The molecule has 1 aliphatic carbocycles. The first-order valence-corrected chi connectivity index (χ1v) is 15.8. The number of halogens is 1. The number of hydrogen-bond donors (Lipinski definition) is 3. The van der Waals surface area contributed by atoms with Crippen LogP contribution in [0.15, 0.2) is 72.8 Å². The molecule has 2 aliphatic heterocycles. The summed E-state index contributed by atoms with van der Waals surface area (Å²) in [7, 11) is 4.59. The first-order valence-electron chi connectivity index (χ1n) is 15.4. The van der Waals surface area contributed by atoms with Gasteiger partial charge < -0.3 is 44.4 Å². The van der Waals surface area contributed by atoms with Crippen molar-refractivity contribution >= 4 is 40.9 Å². The Balaban J connectivity index is 1.19. The van der Waals surface area contributed by atoms with Gasteiger partial charge in [0.1, 0.15) is 0 Å². The van der Waals surface area contributed by atoms with Gasteiger partial charge in [0.05, 0.1) is 39.9 Å². The van der Waals surface area contributed by atoms with E-state index in [2.05, 4.69) is 16.0 Å². The number of hydrogen-bond acceptors (Lipinski definition) is 9. The minimum Gasteiger partial charge on any atom is -0.493 e. The van der Waals surface area contributed by atoms with Crippen LogP contribution in [-0.2, 0) is 9.53 Å². The summed E-state index contributed by atoms with van der Waals surface area (Å²) in [6, 6.07) is 19.6. The molecule has 12 nitrogen and oxygen atoms in total. The summed E-state index contributed by atoms with van der Waals surface area (Å²) in [5, 5.41) is 9.11. The van der Waals surface area contributed by atoms with Crippen molar-refractivity contribution in [2.75, 3.05) is 45.4 Å². The topological polar surface area (TPSA) is 143 Å². The van der Waals surface area contributed by atoms with Crippen molar-refractivity contribution in [1.82, 2.24) is 5.32 Å². The number of amides is 3. The third-order valence-electron chi connectivity index (χ3n) is 9.01. The van der Waals surface area contributed by atoms with Crippen molar-refractivity contribution in [2.24, 2.45) is 11.8 Å². The maximum absolute atomic E-state index is 13.8. The lowest BCUT2D eigenvalue weighted by atomic mass is 9.65. The van der Waals surface area contributed by atoms with Crippen LogP contribution in [0.2, 0.25) is 5.02 Å². The van der Waals surface area contributed by atoms with Gasteiger partial charge in [-0.1, -0.05) is 17.7 Å². The average Bonchev–Trinajstić information content (AvgIpc) is 3.73. The van der Waals surface area contributed by atoms with Gasteiger partial charge in [0.15, 0.2) is 23.0 Å². The van der Waals surface area contributed by atoms with E-state index in [0.29, 0.717) is 50.7 Å². The zero-order valence-corrected chi connectivity index (χ0v) is 27.5. The van der Waals surface area contributed by atoms with Crippen LogP contribution in [0.3, 0.4) is 0 Å². The van der Waals surface area contributed by atoms with E-state index < -0.39 is 29.8 Å². The molecule has 4 aromatic rings. The fourth-order valence-electron chi connectivity index (χ4n) is 6.82. The summed E-state index contributed by atoms with van der Waals surface area (Å²) in [6.45, 7) is 0.157. The second-order valence-electron chi connectivity index (χ2n) is 11.7. The van der Waals surface area contributed by atoms with Crippen molar-refractivity contribution in [3.8, 4) is 28.7 Å². The second-order valence-corrected chi connectivity index (χ2v) is 12.1. The Morgan fingerprint density at radius 3 is 2.12 bits per heavy atom. The van der Waals surface area contributed by atoms with Crippen LogP contribution in [0.4, 0.5) is 16.2 Å². The summed E-state index contributed by atoms with van der Waals surface area (Å²) >= 11 is 6.00. The van der Waals surface area contributed by atoms with E-state index in [4.69, 9.17) is 40.0 Å². The van der Waals surface area contributed by atoms with Crippen LogP contribution in [-0.4, -0.2) is 52.6 Å². The Morgan fingerprint density at radius 2 is 1.47 bits per heavy atom. The molecule has 1 fully saturated rings. The van der Waals surface area contributed by atoms with Gasteiger partial charge in [0.25, 0.3) is 5.91 Å². The molecule has 0 unspecified atom stereocenters. The maximum Gasteiger partial charge on any atom is 0.323 e. The van der Waals surface area contributed by atoms with E-state index in [-0.39, 0.29) is 25.3 Å². The molecule has 252 valence electrons. The van der Waals surface area contributed by atoms with Gasteiger partial charge in [0.2, 0.25) is 12.5 Å². The van der Waals surface area contributed by atoms with E-state index >= 15 is 0 Å². The van der Waals surface area contributed by atoms with E-state index in [0.717, 1.165) is 16.7 Å². The Labute approximate surface area is 286 Å². The molecule has 0 spiro atoms. The largest absolute Gasteiger partial charge is 0.493 e. The molecule has 0 bridgehead atoms. The zero-order chi connectivity index (χ0) is 34.2. The number of carbonyl (C=O) groups is 3. The molecule has 0 aromatic heterocycles. The number of benzene rings is 4. The fraction of sp³-hybridized carbons (Fsp3) is 0.250. The Kier molecular flexibility index (Phi) is 8.55.